The van der Waals surface area contributed by atoms with Gasteiger partial charge in [-0.2, -0.15) is 5.26 Å². The summed E-state index contributed by atoms with van der Waals surface area (Å²) in [6.45, 7) is 0. The van der Waals surface area contributed by atoms with E-state index >= 15 is 0 Å². The highest BCUT2D eigenvalue weighted by atomic mass is 16.2. The first-order chi connectivity index (χ1) is 8.72. The Morgan fingerprint density at radius 2 is 1.72 bits per heavy atom. The molecule has 0 aromatic rings. The second kappa shape index (κ2) is 3.23. The van der Waals surface area contributed by atoms with Crippen LogP contribution in [-0.4, -0.2) is 22.8 Å². The van der Waals surface area contributed by atoms with Crippen LogP contribution in [0.25, 0.3) is 0 Å². The Bertz CT molecular complexity index is 484. The van der Waals surface area contributed by atoms with Gasteiger partial charge in [-0.1, -0.05) is 12.2 Å². The largest absolute Gasteiger partial charge is 0.274 e. The third-order valence-corrected chi connectivity index (χ3v) is 4.98. The molecule has 0 spiro atoms. The Morgan fingerprint density at radius 1 is 1.17 bits per heavy atom. The van der Waals surface area contributed by atoms with Crippen molar-refractivity contribution in [1.82, 2.24) is 4.90 Å². The van der Waals surface area contributed by atoms with Gasteiger partial charge in [-0.3, -0.25) is 14.5 Å². The zero-order chi connectivity index (χ0) is 12.4. The van der Waals surface area contributed by atoms with E-state index in [2.05, 4.69) is 18.2 Å². The Hall–Kier alpha value is -1.63. The van der Waals surface area contributed by atoms with E-state index < -0.39 is 6.04 Å². The number of fused-ring (bicyclic) bond motifs is 5. The molecule has 1 saturated heterocycles. The minimum absolute atomic E-state index is 0.0831. The van der Waals surface area contributed by atoms with Crippen molar-refractivity contribution in [2.75, 3.05) is 0 Å². The van der Waals surface area contributed by atoms with Gasteiger partial charge < -0.3 is 0 Å². The predicted octanol–water partition coefficient (Wildman–Crippen LogP) is 1.10. The average Bonchev–Trinajstić information content (AvgIpc) is 2.90. The second-order valence-corrected chi connectivity index (χ2v) is 5.96. The molecule has 1 heterocycles. The van der Waals surface area contributed by atoms with Gasteiger partial charge in [0.25, 0.3) is 0 Å². The fraction of sp³-hybridized carbons (Fsp3) is 0.643. The van der Waals surface area contributed by atoms with Crippen LogP contribution in [0.15, 0.2) is 12.2 Å². The Morgan fingerprint density at radius 3 is 2.17 bits per heavy atom. The van der Waals surface area contributed by atoms with E-state index in [1.54, 1.807) is 0 Å². The van der Waals surface area contributed by atoms with Gasteiger partial charge in [0.2, 0.25) is 11.8 Å². The van der Waals surface area contributed by atoms with Gasteiger partial charge in [-0.05, 0) is 37.0 Å². The van der Waals surface area contributed by atoms with Crippen molar-refractivity contribution < 1.29 is 9.59 Å². The van der Waals surface area contributed by atoms with E-state index in [0.29, 0.717) is 0 Å². The zero-order valence-corrected chi connectivity index (χ0v) is 9.95. The number of imide groups is 1. The van der Waals surface area contributed by atoms with Crippen LogP contribution in [0, 0.1) is 40.9 Å². The van der Waals surface area contributed by atoms with Gasteiger partial charge in [0.15, 0.2) is 0 Å². The van der Waals surface area contributed by atoms with Crippen molar-refractivity contribution in [2.45, 2.75) is 25.3 Å². The number of likely N-dealkylation sites (tertiary alicyclic amines) is 1. The molecule has 2 bridgehead atoms. The molecule has 3 aliphatic carbocycles. The molecule has 0 radical (unpaired) electrons. The highest BCUT2D eigenvalue weighted by Crippen LogP contribution is 2.53. The normalized spacial score (nSPS) is 42.3. The molecule has 4 nitrogen and oxygen atoms in total. The lowest BCUT2D eigenvalue weighted by Gasteiger charge is -2.22. The summed E-state index contributed by atoms with van der Waals surface area (Å²) in [5.41, 5.74) is 0. The first-order valence-electron chi connectivity index (χ1n) is 6.67. The maximum Gasteiger partial charge on any atom is 0.234 e. The van der Waals surface area contributed by atoms with Crippen molar-refractivity contribution in [3.63, 3.8) is 0 Å². The first-order valence-corrected chi connectivity index (χ1v) is 6.67. The zero-order valence-electron chi connectivity index (χ0n) is 9.95. The minimum Gasteiger partial charge on any atom is -0.274 e. The minimum atomic E-state index is -0.505. The molecule has 1 aliphatic heterocycles. The number of hydrogen-bond donors (Lipinski definition) is 0. The number of amides is 2. The summed E-state index contributed by atoms with van der Waals surface area (Å²) in [5, 5.41) is 9.23. The maximum atomic E-state index is 12.4. The highest BCUT2D eigenvalue weighted by Gasteiger charge is 2.61. The SMILES string of the molecule is N#CC(C1CC1)N1C(=O)C2C3C=CC(C3)C2C1=O. The molecule has 0 aromatic carbocycles. The molecule has 0 aromatic heterocycles. The van der Waals surface area contributed by atoms with E-state index in [1.165, 1.54) is 4.90 Å². The van der Waals surface area contributed by atoms with Crippen LogP contribution in [0.5, 0.6) is 0 Å². The van der Waals surface area contributed by atoms with Crippen molar-refractivity contribution in [2.24, 2.45) is 29.6 Å². The van der Waals surface area contributed by atoms with Crippen LogP contribution in [0.4, 0.5) is 0 Å². The molecule has 92 valence electrons. The number of nitriles is 1. The van der Waals surface area contributed by atoms with Crippen molar-refractivity contribution in [3.8, 4) is 6.07 Å². The third-order valence-electron chi connectivity index (χ3n) is 4.98. The molecular formula is C14H14N2O2. The fourth-order valence-corrected chi connectivity index (χ4v) is 3.99. The van der Waals surface area contributed by atoms with Gasteiger partial charge in [-0.15, -0.1) is 0 Å². The predicted molar refractivity (Wildman–Crippen MR) is 61.7 cm³/mol. The van der Waals surface area contributed by atoms with Gasteiger partial charge in [0, 0.05) is 0 Å². The standard InChI is InChI=1S/C14H14N2O2/c15-6-10(7-1-2-7)16-13(17)11-8-3-4-9(5-8)12(11)14(16)18/h3-4,7-12H,1-2,5H2. The second-order valence-electron chi connectivity index (χ2n) is 5.96. The molecule has 0 N–H and O–H groups in total. The summed E-state index contributed by atoms with van der Waals surface area (Å²) in [5.74, 6) is 0.206. The van der Waals surface area contributed by atoms with E-state index in [1.807, 2.05) is 0 Å². The van der Waals surface area contributed by atoms with Crippen LogP contribution in [0.3, 0.4) is 0 Å². The fourth-order valence-electron chi connectivity index (χ4n) is 3.99. The van der Waals surface area contributed by atoms with E-state index in [-0.39, 0.29) is 41.4 Å². The quantitative estimate of drug-likeness (QED) is 0.538. The molecule has 2 amide bonds. The van der Waals surface area contributed by atoms with Crippen molar-refractivity contribution >= 4 is 11.8 Å². The Balaban J connectivity index is 1.70. The molecule has 5 atom stereocenters. The van der Waals surface area contributed by atoms with Crippen LogP contribution in [0.1, 0.15) is 19.3 Å². The number of allylic oxidation sites excluding steroid dienone is 2. The van der Waals surface area contributed by atoms with Crippen LogP contribution >= 0.6 is 0 Å². The Kier molecular flexibility index (Phi) is 1.85. The van der Waals surface area contributed by atoms with Crippen LogP contribution < -0.4 is 0 Å². The molecule has 18 heavy (non-hydrogen) atoms. The van der Waals surface area contributed by atoms with Gasteiger partial charge in [0.05, 0.1) is 17.9 Å². The number of carbonyl (C=O) groups is 2. The van der Waals surface area contributed by atoms with Crippen molar-refractivity contribution in [3.05, 3.63) is 12.2 Å². The van der Waals surface area contributed by atoms with Crippen LogP contribution in [0.2, 0.25) is 0 Å². The molecular weight excluding hydrogens is 228 g/mol. The maximum absolute atomic E-state index is 12.4. The smallest absolute Gasteiger partial charge is 0.234 e. The average molecular weight is 242 g/mol. The lowest BCUT2D eigenvalue weighted by Crippen LogP contribution is -2.42. The molecule has 4 aliphatic rings. The van der Waals surface area contributed by atoms with Crippen LogP contribution in [-0.2, 0) is 9.59 Å². The summed E-state index contributed by atoms with van der Waals surface area (Å²) in [6, 6.07) is 1.67. The number of nitrogens with zero attached hydrogens (tertiary/aromatic N) is 2. The lowest BCUT2D eigenvalue weighted by atomic mass is 9.85. The molecule has 3 fully saturated rings. The molecule has 4 heteroatoms. The van der Waals surface area contributed by atoms with Gasteiger partial charge >= 0.3 is 0 Å². The van der Waals surface area contributed by atoms with E-state index in [4.69, 9.17) is 0 Å². The lowest BCUT2D eigenvalue weighted by molar-refractivity contribution is -0.142. The molecule has 4 rings (SSSR count). The topological polar surface area (TPSA) is 61.2 Å². The first kappa shape index (κ1) is 10.3. The summed E-state index contributed by atoms with van der Waals surface area (Å²) in [6.07, 6.45) is 7.05. The molecule has 5 unspecified atom stereocenters. The monoisotopic (exact) mass is 242 g/mol. The summed E-state index contributed by atoms with van der Waals surface area (Å²) in [7, 11) is 0. The van der Waals surface area contributed by atoms with E-state index in [9.17, 15) is 14.9 Å². The van der Waals surface area contributed by atoms with Gasteiger partial charge in [-0.25, -0.2) is 0 Å². The van der Waals surface area contributed by atoms with Gasteiger partial charge in [0.1, 0.15) is 6.04 Å². The third kappa shape index (κ3) is 1.10. The number of rotatable bonds is 2. The number of carbonyl (C=O) groups excluding carboxylic acids is 2. The Labute approximate surface area is 105 Å². The number of hydrogen-bond acceptors (Lipinski definition) is 3. The van der Waals surface area contributed by atoms with E-state index in [0.717, 1.165) is 19.3 Å². The summed E-state index contributed by atoms with van der Waals surface area (Å²) in [4.78, 5) is 26.2. The van der Waals surface area contributed by atoms with Crippen molar-refractivity contribution in [1.29, 1.82) is 5.26 Å². The summed E-state index contributed by atoms with van der Waals surface area (Å²) < 4.78 is 0. The highest BCUT2D eigenvalue weighted by molar-refractivity contribution is 6.07. The summed E-state index contributed by atoms with van der Waals surface area (Å²) >= 11 is 0. The molecule has 2 saturated carbocycles.